The van der Waals surface area contributed by atoms with Crippen molar-refractivity contribution in [3.63, 3.8) is 0 Å². The van der Waals surface area contributed by atoms with Gasteiger partial charge in [-0.3, -0.25) is 0 Å². The fourth-order valence-electron chi connectivity index (χ4n) is 16.3. The molecule has 2 aliphatic rings. The first-order valence-corrected chi connectivity index (χ1v) is 42.3. The molecule has 21 rings (SSSR count). The maximum atomic E-state index is 14.5. The number of H-pyrrole nitrogens is 2. The van der Waals surface area contributed by atoms with Crippen molar-refractivity contribution in [2.45, 2.75) is 49.4 Å². The number of alkyl halides is 24. The van der Waals surface area contributed by atoms with Crippen molar-refractivity contribution in [3.05, 3.63) is 336 Å². The zero-order chi connectivity index (χ0) is 101. The van der Waals surface area contributed by atoms with E-state index in [1.165, 1.54) is 97.1 Å². The van der Waals surface area contributed by atoms with Gasteiger partial charge in [0.1, 0.15) is 68.6 Å². The SMILES string of the molecule is FC(F)(F)c1cccc(Oc2cc3cc4c(cc3cc2Oc2cccc(C(F)(F)F)c2)-c2nc-4nc3[nH]c(nc4nc(nc5[nH]c(n2)c2cc6cc(Oc7cccc(C(F)(F)F)c7)c(Oc7cccc(C(F)(F)F)c7)cc6cc52)-c2cc5cc(Oc6cccc(C(F)(F)F)c6)c(Oc6cccc(C(F)(F)F)c6)cc5cc2-4)c2cc4cc(Oc5cccc(C(F)(F)F)c5)c(Oc5cccc(C(F)(F)F)c5)cc4cc32)c1. The van der Waals surface area contributed by atoms with Crippen LogP contribution in [0.15, 0.2) is 291 Å². The Kier molecular flexibility index (Phi) is 22.1. The van der Waals surface area contributed by atoms with Gasteiger partial charge in [-0.15, -0.1) is 0 Å². The third-order valence-corrected chi connectivity index (χ3v) is 23.0. The van der Waals surface area contributed by atoms with Crippen molar-refractivity contribution in [1.29, 1.82) is 0 Å². The summed E-state index contributed by atoms with van der Waals surface area (Å²) in [6.07, 6.45) is -39.5. The summed E-state index contributed by atoms with van der Waals surface area (Å²) in [6.45, 7) is 0. The summed E-state index contributed by atoms with van der Waals surface area (Å²) in [5, 5.41) is 1.33. The van der Waals surface area contributed by atoms with Gasteiger partial charge in [-0.2, -0.15) is 105 Å². The molecule has 0 amide bonds. The maximum Gasteiger partial charge on any atom is 0.416 e. The lowest BCUT2D eigenvalue weighted by Gasteiger charge is -2.16. The predicted octanol–water partition coefficient (Wildman–Crippen LogP) is 34.0. The van der Waals surface area contributed by atoms with Crippen molar-refractivity contribution in [1.82, 2.24) is 39.9 Å². The van der Waals surface area contributed by atoms with E-state index < -0.39 is 140 Å². The predicted molar refractivity (Wildman–Crippen MR) is 478 cm³/mol. The number of rotatable bonds is 16. The summed E-state index contributed by atoms with van der Waals surface area (Å²) in [6, 6.07) is 50.7. The summed E-state index contributed by atoms with van der Waals surface area (Å²) >= 11 is 0. The Labute approximate surface area is 789 Å². The van der Waals surface area contributed by atoms with Gasteiger partial charge in [0.15, 0.2) is 69.3 Å². The standard InChI is InChI=1S/C104H50F24N8O8/c105-97(106,107)57-9-1-17-65(41-57)137-81-33-49-25-73-74(26-50(49)34-82(81)138-66-18-2-10-58(42-66)98(108,109)110)90-129-89(73)133-91-75-27-51-35-83(139-67-19-3-11-59(43-67)99(111,112)113)84(140-68-20-4-12-60(44-68)100(114,115)116)36-52(51)28-76(75)93(130-91)135-95-79-31-55-39-87(143-71-23-7-15-63(47-71)103(123,124)125)88(144-72-24-8-16-64(48-72)104(126,127)128)40-56(55)32-80(79)96(132-95)136-94-78-30-54-38-86(142-70-22-6-14-62(46-70)102(120,121)122)85(37-53(54)29-77(78)92(131-94)134-90)141-69-21-5-13-61(45-69)101(117,118)119/h1-48H,(H2,129,130,131,132,133,134,135,136). The summed E-state index contributed by atoms with van der Waals surface area (Å²) in [4.78, 5) is 37.4. The highest BCUT2D eigenvalue weighted by atomic mass is 19.4. The molecule has 0 radical (unpaired) electrons. The van der Waals surface area contributed by atoms with Gasteiger partial charge < -0.3 is 47.9 Å². The van der Waals surface area contributed by atoms with Gasteiger partial charge >= 0.3 is 49.4 Å². The first-order chi connectivity index (χ1) is 68.2. The molecule has 0 fully saturated rings. The average molecular weight is 2000 g/mol. The molecule has 19 aromatic rings. The Hall–Kier alpha value is -17.4. The van der Waals surface area contributed by atoms with Crippen LogP contribution in [0.5, 0.6) is 92.0 Å². The molecule has 0 spiro atoms. The maximum absolute atomic E-state index is 14.5. The highest BCUT2D eigenvalue weighted by molar-refractivity contribution is 6.14. The van der Waals surface area contributed by atoms with Crippen LogP contribution in [0, 0.1) is 0 Å². The van der Waals surface area contributed by atoms with Crippen LogP contribution in [0.4, 0.5) is 105 Å². The Morgan fingerprint density at radius 3 is 0.438 bits per heavy atom. The fraction of sp³-hybridized carbons (Fsp3) is 0.0769. The minimum absolute atomic E-state index is 0.0489. The first-order valence-electron chi connectivity index (χ1n) is 42.3. The number of nitrogens with one attached hydrogen (secondary N) is 2. The second-order valence-corrected chi connectivity index (χ2v) is 32.8. The largest absolute Gasteiger partial charge is 0.453 e. The number of hydrogen-bond acceptors (Lipinski definition) is 14. The molecule has 3 aromatic heterocycles. The molecule has 0 aliphatic carbocycles. The molecule has 40 heteroatoms. The molecule has 5 heterocycles. The van der Waals surface area contributed by atoms with Gasteiger partial charge in [-0.25, -0.2) is 29.9 Å². The molecule has 8 bridgehead atoms. The van der Waals surface area contributed by atoms with Gasteiger partial charge in [-0.05, 0) is 286 Å². The van der Waals surface area contributed by atoms with Gasteiger partial charge in [-0.1, -0.05) is 48.5 Å². The Balaban J connectivity index is 0.857. The van der Waals surface area contributed by atoms with Crippen LogP contribution in [-0.2, 0) is 49.4 Å². The lowest BCUT2D eigenvalue weighted by molar-refractivity contribution is -0.138. The smallest absolute Gasteiger partial charge is 0.416 e. The third-order valence-electron chi connectivity index (χ3n) is 23.0. The topological polar surface area (TPSA) is 183 Å². The van der Waals surface area contributed by atoms with E-state index in [0.717, 1.165) is 146 Å². The summed E-state index contributed by atoms with van der Waals surface area (Å²) in [5.41, 5.74) is -9.93. The van der Waals surface area contributed by atoms with E-state index in [1.807, 2.05) is 0 Å². The Morgan fingerprint density at radius 2 is 0.299 bits per heavy atom. The Morgan fingerprint density at radius 1 is 0.160 bits per heavy atom. The lowest BCUT2D eigenvalue weighted by atomic mass is 10.0. The van der Waals surface area contributed by atoms with Crippen molar-refractivity contribution >= 4 is 87.2 Å². The highest BCUT2D eigenvalue weighted by Crippen LogP contribution is 2.53. The van der Waals surface area contributed by atoms with Gasteiger partial charge in [0.2, 0.25) is 0 Å². The summed E-state index contributed by atoms with van der Waals surface area (Å²) < 4.78 is 397. The minimum Gasteiger partial charge on any atom is -0.453 e. The number of halogens is 24. The van der Waals surface area contributed by atoms with Crippen LogP contribution in [-0.4, -0.2) is 39.9 Å². The molecule has 0 saturated heterocycles. The van der Waals surface area contributed by atoms with E-state index in [-0.39, 0.29) is 179 Å². The quantitative estimate of drug-likeness (QED) is 0.0871. The zero-order valence-electron chi connectivity index (χ0n) is 71.7. The zero-order valence-corrected chi connectivity index (χ0v) is 71.7. The van der Waals surface area contributed by atoms with Gasteiger partial charge in [0.05, 0.1) is 44.5 Å². The number of aromatic nitrogens is 8. The number of aromatic amines is 2. The molecular formula is C104H50F24N8O8. The highest BCUT2D eigenvalue weighted by Gasteiger charge is 2.40. The summed E-state index contributed by atoms with van der Waals surface area (Å²) in [7, 11) is 0. The molecule has 144 heavy (non-hydrogen) atoms. The number of fused-ring (bicyclic) bond motifs is 24. The summed E-state index contributed by atoms with van der Waals surface area (Å²) in [5.74, 6) is -7.71. The number of nitrogens with zero attached hydrogens (tertiary/aromatic N) is 6. The molecule has 2 N–H and O–H groups in total. The van der Waals surface area contributed by atoms with Crippen LogP contribution in [0.3, 0.4) is 0 Å². The van der Waals surface area contributed by atoms with Gasteiger partial charge in [0.25, 0.3) is 0 Å². The number of ether oxygens (including phenoxy) is 8. The molecule has 16 aromatic carbocycles. The van der Waals surface area contributed by atoms with Crippen LogP contribution in [0.25, 0.3) is 133 Å². The molecule has 16 nitrogen and oxygen atoms in total. The minimum atomic E-state index is -4.94. The van der Waals surface area contributed by atoms with Crippen LogP contribution in [0.2, 0.25) is 0 Å². The second kappa shape index (κ2) is 34.3. The molecule has 722 valence electrons. The second-order valence-electron chi connectivity index (χ2n) is 32.8. The first kappa shape index (κ1) is 93.0. The fourth-order valence-corrected chi connectivity index (χ4v) is 16.3. The van der Waals surface area contributed by atoms with Crippen molar-refractivity contribution in [2.24, 2.45) is 0 Å². The van der Waals surface area contributed by atoms with Gasteiger partial charge in [0, 0.05) is 43.8 Å². The van der Waals surface area contributed by atoms with E-state index in [4.69, 9.17) is 67.8 Å². The van der Waals surface area contributed by atoms with Crippen molar-refractivity contribution in [3.8, 4) is 138 Å². The number of benzene rings is 16. The van der Waals surface area contributed by atoms with Crippen molar-refractivity contribution in [2.75, 3.05) is 0 Å². The van der Waals surface area contributed by atoms with E-state index in [9.17, 15) is 105 Å². The van der Waals surface area contributed by atoms with Crippen LogP contribution >= 0.6 is 0 Å². The molecule has 0 saturated carbocycles. The van der Waals surface area contributed by atoms with E-state index in [1.54, 1.807) is 0 Å². The number of hydrogen-bond donors (Lipinski definition) is 2. The normalized spacial score (nSPS) is 12.7. The molecular weight excluding hydrogens is 1950 g/mol. The third kappa shape index (κ3) is 18.8. The average Bonchev–Trinajstić information content (AvgIpc) is 1.58. The molecule has 2 aliphatic heterocycles. The van der Waals surface area contributed by atoms with E-state index in [2.05, 4.69) is 9.97 Å². The van der Waals surface area contributed by atoms with E-state index in [0.29, 0.717) is 48.5 Å². The molecule has 0 atom stereocenters. The van der Waals surface area contributed by atoms with Crippen LogP contribution in [0.1, 0.15) is 44.5 Å². The monoisotopic (exact) mass is 1990 g/mol. The van der Waals surface area contributed by atoms with Crippen molar-refractivity contribution < 1.29 is 143 Å². The van der Waals surface area contributed by atoms with E-state index >= 15 is 0 Å². The Bertz CT molecular complexity index is 7730. The van der Waals surface area contributed by atoms with Crippen LogP contribution < -0.4 is 37.9 Å². The molecule has 0 unspecified atom stereocenters. The lowest BCUT2D eigenvalue weighted by Crippen LogP contribution is -2.05.